The first-order valence-electron chi connectivity index (χ1n) is 6.24. The van der Waals surface area contributed by atoms with E-state index in [1.807, 2.05) is 12.1 Å². The number of methoxy groups -OCH3 is 3. The topological polar surface area (TPSA) is 56.8 Å². The van der Waals surface area contributed by atoms with Crippen molar-refractivity contribution >= 4 is 5.97 Å². The van der Waals surface area contributed by atoms with Gasteiger partial charge >= 0.3 is 5.97 Å². The molecule has 0 saturated heterocycles. The SMILES string of the molecule is COC(=O)[C@@]12C[C@@H]1c1cc(OC)c(OC)cc1CN2. The Morgan fingerprint density at radius 1 is 1.26 bits per heavy atom. The largest absolute Gasteiger partial charge is 0.493 e. The summed E-state index contributed by atoms with van der Waals surface area (Å²) in [4.78, 5) is 11.9. The third kappa shape index (κ3) is 1.61. The Morgan fingerprint density at radius 3 is 2.58 bits per heavy atom. The average Bonchev–Trinajstić information content (AvgIpc) is 3.21. The molecule has 3 rings (SSSR count). The maximum atomic E-state index is 11.9. The van der Waals surface area contributed by atoms with Gasteiger partial charge in [0.15, 0.2) is 11.5 Å². The lowest BCUT2D eigenvalue weighted by Gasteiger charge is -2.25. The van der Waals surface area contributed by atoms with Crippen LogP contribution in [0.25, 0.3) is 0 Å². The summed E-state index contributed by atoms with van der Waals surface area (Å²) in [5.41, 5.74) is 1.78. The number of esters is 1. The number of carbonyl (C=O) groups excluding carboxylic acids is 1. The van der Waals surface area contributed by atoms with Crippen molar-refractivity contribution in [2.24, 2.45) is 0 Å². The van der Waals surface area contributed by atoms with E-state index in [1.165, 1.54) is 7.11 Å². The van der Waals surface area contributed by atoms with Gasteiger partial charge in [0.2, 0.25) is 0 Å². The Hall–Kier alpha value is -1.75. The molecule has 19 heavy (non-hydrogen) atoms. The minimum absolute atomic E-state index is 0.170. The predicted molar refractivity (Wildman–Crippen MR) is 68.5 cm³/mol. The van der Waals surface area contributed by atoms with E-state index in [-0.39, 0.29) is 11.9 Å². The second-order valence-corrected chi connectivity index (χ2v) is 4.98. The molecule has 1 heterocycles. The molecule has 0 aromatic heterocycles. The number of fused-ring (bicyclic) bond motifs is 3. The van der Waals surface area contributed by atoms with Crippen LogP contribution in [0.3, 0.4) is 0 Å². The van der Waals surface area contributed by atoms with Crippen molar-refractivity contribution in [3.63, 3.8) is 0 Å². The minimum atomic E-state index is -0.526. The molecule has 0 radical (unpaired) electrons. The van der Waals surface area contributed by atoms with Gasteiger partial charge in [-0.05, 0) is 29.7 Å². The summed E-state index contributed by atoms with van der Waals surface area (Å²) in [6, 6.07) is 3.95. The van der Waals surface area contributed by atoms with Crippen LogP contribution in [0.15, 0.2) is 12.1 Å². The van der Waals surface area contributed by atoms with Crippen molar-refractivity contribution in [3.8, 4) is 11.5 Å². The van der Waals surface area contributed by atoms with Gasteiger partial charge in [-0.25, -0.2) is 0 Å². The lowest BCUT2D eigenvalue weighted by Crippen LogP contribution is -2.43. The first kappa shape index (κ1) is 12.3. The lowest BCUT2D eigenvalue weighted by atomic mass is 9.95. The van der Waals surface area contributed by atoms with Crippen LogP contribution in [0.2, 0.25) is 0 Å². The monoisotopic (exact) mass is 263 g/mol. The van der Waals surface area contributed by atoms with E-state index in [2.05, 4.69) is 5.32 Å². The number of benzene rings is 1. The van der Waals surface area contributed by atoms with Gasteiger partial charge in [0.25, 0.3) is 0 Å². The molecule has 2 atom stereocenters. The summed E-state index contributed by atoms with van der Waals surface area (Å²) in [7, 11) is 4.67. The average molecular weight is 263 g/mol. The van der Waals surface area contributed by atoms with Gasteiger partial charge < -0.3 is 14.2 Å². The molecule has 1 fully saturated rings. The van der Waals surface area contributed by atoms with Gasteiger partial charge in [-0.1, -0.05) is 0 Å². The van der Waals surface area contributed by atoms with Gasteiger partial charge in [0.05, 0.1) is 21.3 Å². The first-order chi connectivity index (χ1) is 9.16. The van der Waals surface area contributed by atoms with Crippen molar-refractivity contribution < 1.29 is 19.0 Å². The zero-order valence-corrected chi connectivity index (χ0v) is 11.3. The molecule has 5 heteroatoms. The fourth-order valence-corrected chi connectivity index (χ4v) is 2.98. The maximum absolute atomic E-state index is 11.9. The van der Waals surface area contributed by atoms with E-state index < -0.39 is 5.54 Å². The summed E-state index contributed by atoms with van der Waals surface area (Å²) < 4.78 is 15.5. The molecule has 1 aliphatic carbocycles. The summed E-state index contributed by atoms with van der Waals surface area (Å²) in [5.74, 6) is 1.41. The first-order valence-corrected chi connectivity index (χ1v) is 6.24. The van der Waals surface area contributed by atoms with Crippen molar-refractivity contribution in [3.05, 3.63) is 23.3 Å². The number of carbonyl (C=O) groups is 1. The van der Waals surface area contributed by atoms with Crippen LogP contribution in [0.4, 0.5) is 0 Å². The Balaban J connectivity index is 2.00. The zero-order chi connectivity index (χ0) is 13.6. The molecule has 1 N–H and O–H groups in total. The Kier molecular flexibility index (Phi) is 2.67. The molecule has 0 spiro atoms. The third-order valence-corrected chi connectivity index (χ3v) is 4.13. The van der Waals surface area contributed by atoms with Crippen LogP contribution in [-0.4, -0.2) is 32.8 Å². The van der Waals surface area contributed by atoms with E-state index in [0.29, 0.717) is 18.0 Å². The molecule has 1 aliphatic heterocycles. The van der Waals surface area contributed by atoms with E-state index >= 15 is 0 Å². The molecule has 1 saturated carbocycles. The van der Waals surface area contributed by atoms with Crippen LogP contribution >= 0.6 is 0 Å². The van der Waals surface area contributed by atoms with Gasteiger partial charge in [-0.15, -0.1) is 0 Å². The highest BCUT2D eigenvalue weighted by Gasteiger charge is 2.63. The fraction of sp³-hybridized carbons (Fsp3) is 0.500. The van der Waals surface area contributed by atoms with E-state index in [9.17, 15) is 4.79 Å². The van der Waals surface area contributed by atoms with Crippen LogP contribution in [0, 0.1) is 0 Å². The van der Waals surface area contributed by atoms with E-state index in [4.69, 9.17) is 14.2 Å². The van der Waals surface area contributed by atoms with Crippen molar-refractivity contribution in [2.45, 2.75) is 24.4 Å². The predicted octanol–water partition coefficient (Wildman–Crippen LogP) is 1.21. The van der Waals surface area contributed by atoms with Gasteiger partial charge in [-0.3, -0.25) is 10.1 Å². The normalized spacial score (nSPS) is 27.0. The van der Waals surface area contributed by atoms with Gasteiger partial charge in [-0.2, -0.15) is 0 Å². The molecule has 5 nitrogen and oxygen atoms in total. The minimum Gasteiger partial charge on any atom is -0.493 e. The molecule has 1 aromatic carbocycles. The number of nitrogens with one attached hydrogen (secondary N) is 1. The fourth-order valence-electron chi connectivity index (χ4n) is 2.98. The summed E-state index contributed by atoms with van der Waals surface area (Å²) in [6.45, 7) is 0.640. The van der Waals surface area contributed by atoms with Crippen molar-refractivity contribution in [1.82, 2.24) is 5.32 Å². The smallest absolute Gasteiger partial charge is 0.326 e. The Labute approximate surface area is 111 Å². The molecule has 102 valence electrons. The quantitative estimate of drug-likeness (QED) is 0.831. The van der Waals surface area contributed by atoms with Gasteiger partial charge in [0, 0.05) is 12.5 Å². The van der Waals surface area contributed by atoms with E-state index in [1.54, 1.807) is 14.2 Å². The van der Waals surface area contributed by atoms with Crippen molar-refractivity contribution in [1.29, 1.82) is 0 Å². The molecule has 0 unspecified atom stereocenters. The second-order valence-electron chi connectivity index (χ2n) is 4.98. The van der Waals surface area contributed by atoms with Crippen molar-refractivity contribution in [2.75, 3.05) is 21.3 Å². The number of hydrogen-bond acceptors (Lipinski definition) is 5. The summed E-state index contributed by atoms with van der Waals surface area (Å²) >= 11 is 0. The highest BCUT2D eigenvalue weighted by molar-refractivity contribution is 5.87. The van der Waals surface area contributed by atoms with Crippen LogP contribution in [0.1, 0.15) is 23.5 Å². The molecule has 0 amide bonds. The molecule has 0 bridgehead atoms. The molecule has 1 aromatic rings. The van der Waals surface area contributed by atoms with Gasteiger partial charge in [0.1, 0.15) is 5.54 Å². The van der Waals surface area contributed by atoms with Crippen LogP contribution in [0.5, 0.6) is 11.5 Å². The Bertz CT molecular complexity index is 542. The lowest BCUT2D eigenvalue weighted by molar-refractivity contribution is -0.144. The molecular formula is C14H17NO4. The summed E-state index contributed by atoms with van der Waals surface area (Å²) in [6.07, 6.45) is 0.780. The summed E-state index contributed by atoms with van der Waals surface area (Å²) in [5, 5.41) is 3.29. The van der Waals surface area contributed by atoms with Crippen LogP contribution < -0.4 is 14.8 Å². The standard InChI is InChI=1S/C14H17NO4/c1-17-11-4-8-7-15-14(13(16)19-3)6-10(14)9(8)5-12(11)18-2/h4-5,10,15H,6-7H2,1-3H3/t10-,14-/m1/s1. The highest BCUT2D eigenvalue weighted by atomic mass is 16.5. The Morgan fingerprint density at radius 2 is 1.95 bits per heavy atom. The molecule has 2 aliphatic rings. The second kappa shape index (κ2) is 4.13. The highest BCUT2D eigenvalue weighted by Crippen LogP contribution is 2.56. The zero-order valence-electron chi connectivity index (χ0n) is 11.3. The van der Waals surface area contributed by atoms with E-state index in [0.717, 1.165) is 17.5 Å². The third-order valence-electron chi connectivity index (χ3n) is 4.13. The number of ether oxygens (including phenoxy) is 3. The maximum Gasteiger partial charge on any atom is 0.326 e. The number of hydrogen-bond donors (Lipinski definition) is 1. The van der Waals surface area contributed by atoms with Crippen LogP contribution in [-0.2, 0) is 16.1 Å². The number of rotatable bonds is 3. The molecular weight excluding hydrogens is 246 g/mol.